The summed E-state index contributed by atoms with van der Waals surface area (Å²) in [6.45, 7) is 4.04. The number of amides is 3. The van der Waals surface area contributed by atoms with Crippen molar-refractivity contribution in [2.45, 2.75) is 39.2 Å². The second-order valence-corrected chi connectivity index (χ2v) is 8.91. The van der Waals surface area contributed by atoms with Gasteiger partial charge in [0, 0.05) is 38.2 Å². The highest BCUT2D eigenvalue weighted by Gasteiger charge is 2.36. The molecule has 34 heavy (non-hydrogen) atoms. The molecule has 180 valence electrons. The normalized spacial score (nSPS) is 17.4. The van der Waals surface area contributed by atoms with Gasteiger partial charge in [-0.25, -0.2) is 4.68 Å². The Morgan fingerprint density at radius 1 is 1.00 bits per heavy atom. The van der Waals surface area contributed by atoms with E-state index in [9.17, 15) is 19.2 Å². The number of benzene rings is 1. The quantitative estimate of drug-likeness (QED) is 0.572. The van der Waals surface area contributed by atoms with Crippen molar-refractivity contribution in [3.8, 4) is 0 Å². The molecule has 1 aromatic carbocycles. The minimum atomic E-state index is -0.323. The molecule has 9 nitrogen and oxygen atoms in total. The monoisotopic (exact) mass is 465 g/mol. The third kappa shape index (κ3) is 5.35. The van der Waals surface area contributed by atoms with Gasteiger partial charge in [-0.15, -0.1) is 0 Å². The SMILES string of the molecule is CCCn1ncc(N2CCC(C(=O)N3CC(=O)N(CCc4ccccc4)C(=O)C3)CC2)cc1=O. The lowest BCUT2D eigenvalue weighted by Crippen LogP contribution is -2.57. The molecule has 9 heteroatoms. The average molecular weight is 466 g/mol. The van der Waals surface area contributed by atoms with Crippen LogP contribution in [0.5, 0.6) is 0 Å². The van der Waals surface area contributed by atoms with E-state index in [4.69, 9.17) is 0 Å². The second kappa shape index (κ2) is 10.6. The van der Waals surface area contributed by atoms with Crippen LogP contribution in [0.25, 0.3) is 0 Å². The van der Waals surface area contributed by atoms with E-state index >= 15 is 0 Å². The number of piperazine rings is 1. The fourth-order valence-corrected chi connectivity index (χ4v) is 4.60. The number of carbonyl (C=O) groups excluding carboxylic acids is 3. The highest BCUT2D eigenvalue weighted by Crippen LogP contribution is 2.24. The van der Waals surface area contributed by atoms with Crippen molar-refractivity contribution in [2.75, 3.05) is 37.6 Å². The zero-order valence-corrected chi connectivity index (χ0v) is 19.6. The summed E-state index contributed by atoms with van der Waals surface area (Å²) in [5.74, 6) is -1.02. The summed E-state index contributed by atoms with van der Waals surface area (Å²) in [5, 5.41) is 4.24. The van der Waals surface area contributed by atoms with Gasteiger partial charge < -0.3 is 9.80 Å². The van der Waals surface area contributed by atoms with Gasteiger partial charge in [0.15, 0.2) is 0 Å². The van der Waals surface area contributed by atoms with Gasteiger partial charge in [-0.2, -0.15) is 5.10 Å². The van der Waals surface area contributed by atoms with Crippen LogP contribution < -0.4 is 10.5 Å². The molecule has 3 heterocycles. The van der Waals surface area contributed by atoms with Crippen LogP contribution in [0.15, 0.2) is 47.4 Å². The first-order chi connectivity index (χ1) is 16.5. The molecule has 3 amide bonds. The highest BCUT2D eigenvalue weighted by molar-refractivity contribution is 6.02. The maximum atomic E-state index is 13.1. The summed E-state index contributed by atoms with van der Waals surface area (Å²) < 4.78 is 1.45. The predicted octanol–water partition coefficient (Wildman–Crippen LogP) is 1.31. The van der Waals surface area contributed by atoms with Crippen LogP contribution in [0, 0.1) is 5.92 Å². The number of hydrogen-bond donors (Lipinski definition) is 0. The summed E-state index contributed by atoms with van der Waals surface area (Å²) in [7, 11) is 0. The zero-order valence-electron chi connectivity index (χ0n) is 19.6. The molecule has 0 unspecified atom stereocenters. The van der Waals surface area contributed by atoms with Crippen molar-refractivity contribution in [3.63, 3.8) is 0 Å². The molecule has 2 saturated heterocycles. The number of carbonyl (C=O) groups is 3. The molecule has 2 fully saturated rings. The Balaban J connectivity index is 1.29. The number of piperidine rings is 1. The Hall–Kier alpha value is -3.49. The smallest absolute Gasteiger partial charge is 0.268 e. The minimum absolute atomic E-state index is 0.0564. The Kier molecular flexibility index (Phi) is 7.40. The third-order valence-corrected chi connectivity index (χ3v) is 6.53. The molecule has 0 radical (unpaired) electrons. The van der Waals surface area contributed by atoms with E-state index in [1.54, 1.807) is 12.3 Å². The third-order valence-electron chi connectivity index (χ3n) is 6.53. The molecule has 0 saturated carbocycles. The molecule has 0 N–H and O–H groups in total. The number of hydrogen-bond acceptors (Lipinski definition) is 6. The molecule has 0 aliphatic carbocycles. The molecule has 0 bridgehead atoms. The number of anilines is 1. The number of rotatable bonds is 7. The topological polar surface area (TPSA) is 95.8 Å². The standard InChI is InChI=1S/C25H31N5O4/c1-2-11-30-22(31)15-21(16-26-30)27-12-9-20(10-13-27)25(34)28-17-23(32)29(24(33)18-28)14-8-19-6-4-3-5-7-19/h3-7,15-16,20H,2,8-14,17-18H2,1H3. The summed E-state index contributed by atoms with van der Waals surface area (Å²) in [4.78, 5) is 55.3. The van der Waals surface area contributed by atoms with Crippen LogP contribution >= 0.6 is 0 Å². The Labute approximate surface area is 198 Å². The van der Waals surface area contributed by atoms with E-state index in [1.807, 2.05) is 37.3 Å². The molecule has 1 aromatic heterocycles. The molecule has 2 aliphatic heterocycles. The Morgan fingerprint density at radius 2 is 1.68 bits per heavy atom. The van der Waals surface area contributed by atoms with Gasteiger partial charge >= 0.3 is 0 Å². The van der Waals surface area contributed by atoms with Crippen LogP contribution in [0.1, 0.15) is 31.7 Å². The van der Waals surface area contributed by atoms with E-state index in [0.29, 0.717) is 45.4 Å². The van der Waals surface area contributed by atoms with Crippen molar-refractivity contribution in [1.82, 2.24) is 19.6 Å². The van der Waals surface area contributed by atoms with E-state index in [-0.39, 0.29) is 42.3 Å². The van der Waals surface area contributed by atoms with Gasteiger partial charge in [0.1, 0.15) is 13.1 Å². The Bertz CT molecular complexity index is 1070. The number of imide groups is 1. The number of aromatic nitrogens is 2. The maximum Gasteiger partial charge on any atom is 0.268 e. The van der Waals surface area contributed by atoms with Gasteiger partial charge in [-0.3, -0.25) is 24.1 Å². The maximum absolute atomic E-state index is 13.1. The van der Waals surface area contributed by atoms with Crippen LogP contribution in [-0.2, 0) is 27.3 Å². The van der Waals surface area contributed by atoms with Gasteiger partial charge in [0.2, 0.25) is 17.7 Å². The van der Waals surface area contributed by atoms with E-state index in [0.717, 1.165) is 17.7 Å². The summed E-state index contributed by atoms with van der Waals surface area (Å²) in [6, 6.07) is 11.3. The van der Waals surface area contributed by atoms with E-state index in [2.05, 4.69) is 10.00 Å². The zero-order chi connectivity index (χ0) is 24.1. The lowest BCUT2D eigenvalue weighted by molar-refractivity contribution is -0.158. The molecule has 4 rings (SSSR count). The summed E-state index contributed by atoms with van der Waals surface area (Å²) in [6.07, 6.45) is 4.35. The predicted molar refractivity (Wildman–Crippen MR) is 127 cm³/mol. The number of aryl methyl sites for hydroxylation is 1. The fraction of sp³-hybridized carbons (Fsp3) is 0.480. The molecule has 0 spiro atoms. The first kappa shape index (κ1) is 23.7. The van der Waals surface area contributed by atoms with Gasteiger partial charge in [-0.1, -0.05) is 37.3 Å². The van der Waals surface area contributed by atoms with Gasteiger partial charge in [-0.05, 0) is 31.2 Å². The molecular weight excluding hydrogens is 434 g/mol. The summed E-state index contributed by atoms with van der Waals surface area (Å²) >= 11 is 0. The van der Waals surface area contributed by atoms with Crippen molar-refractivity contribution in [2.24, 2.45) is 5.92 Å². The van der Waals surface area contributed by atoms with Crippen molar-refractivity contribution >= 4 is 23.4 Å². The van der Waals surface area contributed by atoms with E-state index < -0.39 is 0 Å². The fourth-order valence-electron chi connectivity index (χ4n) is 4.60. The largest absolute Gasteiger partial charge is 0.370 e. The number of nitrogens with zero attached hydrogens (tertiary/aromatic N) is 5. The van der Waals surface area contributed by atoms with Crippen LogP contribution in [0.3, 0.4) is 0 Å². The lowest BCUT2D eigenvalue weighted by Gasteiger charge is -2.37. The minimum Gasteiger partial charge on any atom is -0.370 e. The molecule has 2 aliphatic rings. The van der Waals surface area contributed by atoms with E-state index in [1.165, 1.54) is 14.5 Å². The molecular formula is C25H31N5O4. The Morgan fingerprint density at radius 3 is 2.29 bits per heavy atom. The summed E-state index contributed by atoms with van der Waals surface area (Å²) in [5.41, 5.74) is 1.70. The van der Waals surface area contributed by atoms with Crippen molar-refractivity contribution in [1.29, 1.82) is 0 Å². The molecule has 2 aromatic rings. The van der Waals surface area contributed by atoms with Crippen molar-refractivity contribution < 1.29 is 14.4 Å². The first-order valence-electron chi connectivity index (χ1n) is 11.9. The second-order valence-electron chi connectivity index (χ2n) is 8.91. The first-order valence-corrected chi connectivity index (χ1v) is 11.9. The van der Waals surface area contributed by atoms with Crippen LogP contribution in [-0.4, -0.2) is 70.0 Å². The average Bonchev–Trinajstić information content (AvgIpc) is 2.85. The van der Waals surface area contributed by atoms with Crippen LogP contribution in [0.2, 0.25) is 0 Å². The van der Waals surface area contributed by atoms with Gasteiger partial charge in [0.05, 0.1) is 11.9 Å². The van der Waals surface area contributed by atoms with Gasteiger partial charge in [0.25, 0.3) is 5.56 Å². The van der Waals surface area contributed by atoms with Crippen molar-refractivity contribution in [3.05, 3.63) is 58.5 Å². The molecule has 0 atom stereocenters. The lowest BCUT2D eigenvalue weighted by atomic mass is 9.94. The van der Waals surface area contributed by atoms with Crippen LogP contribution in [0.4, 0.5) is 5.69 Å². The highest BCUT2D eigenvalue weighted by atomic mass is 16.2.